The third-order valence-corrected chi connectivity index (χ3v) is 3.24. The summed E-state index contributed by atoms with van der Waals surface area (Å²) in [4.78, 5) is 12.1. The third kappa shape index (κ3) is 2.53. The van der Waals surface area contributed by atoms with Gasteiger partial charge in [0.05, 0.1) is 12.5 Å². The molecule has 2 rings (SSSR count). The lowest BCUT2D eigenvalue weighted by atomic mass is 10.0. The highest BCUT2D eigenvalue weighted by atomic mass is 35.5. The van der Waals surface area contributed by atoms with Gasteiger partial charge in [0.25, 0.3) is 0 Å². The van der Waals surface area contributed by atoms with Crippen LogP contribution in [-0.4, -0.2) is 27.7 Å². The Balaban J connectivity index is 2.27. The molecule has 1 aromatic carbocycles. The second-order valence-electron chi connectivity index (χ2n) is 5.04. The topological polar surface area (TPSA) is 49.8 Å². The van der Waals surface area contributed by atoms with Crippen molar-refractivity contribution in [1.29, 1.82) is 0 Å². The summed E-state index contributed by atoms with van der Waals surface area (Å²) in [6.45, 7) is 4.29. The molecule has 0 unspecified atom stereocenters. The van der Waals surface area contributed by atoms with Gasteiger partial charge in [-0.05, 0) is 19.4 Å². The van der Waals surface area contributed by atoms with Crippen LogP contribution in [0.3, 0.4) is 0 Å². The summed E-state index contributed by atoms with van der Waals surface area (Å²) >= 11 is 5.62. The van der Waals surface area contributed by atoms with Crippen LogP contribution in [0.2, 0.25) is 0 Å². The smallest absolute Gasteiger partial charge is 0.408 e. The summed E-state index contributed by atoms with van der Waals surface area (Å²) in [6, 6.07) is 5.76. The van der Waals surface area contributed by atoms with E-state index in [1.165, 1.54) is 0 Å². The number of nitrogens with zero attached hydrogens (tertiary/aromatic N) is 1. The Kier molecular flexibility index (Phi) is 3.39. The van der Waals surface area contributed by atoms with E-state index in [1.54, 1.807) is 0 Å². The molecule has 1 heterocycles. The zero-order chi connectivity index (χ0) is 13.3. The van der Waals surface area contributed by atoms with E-state index in [0.29, 0.717) is 0 Å². The summed E-state index contributed by atoms with van der Waals surface area (Å²) in [6.07, 6.45) is -0.190. The molecule has 98 valence electrons. The van der Waals surface area contributed by atoms with Crippen LogP contribution >= 0.6 is 11.6 Å². The van der Waals surface area contributed by atoms with E-state index >= 15 is 0 Å². The number of ether oxygens (including phenoxy) is 1. The number of hydrogen-bond donors (Lipinski definition) is 1. The first-order valence-electron chi connectivity index (χ1n) is 5.76. The lowest BCUT2D eigenvalue weighted by Gasteiger charge is -2.20. The summed E-state index contributed by atoms with van der Waals surface area (Å²) in [5, 5.41) is 8.99. The summed E-state index contributed by atoms with van der Waals surface area (Å²) < 4.78 is 5.89. The number of alkyl halides is 1. The molecule has 0 radical (unpaired) electrons. The highest BCUT2D eigenvalue weighted by Crippen LogP contribution is 2.38. The van der Waals surface area contributed by atoms with Crippen LogP contribution in [0, 0.1) is 0 Å². The van der Waals surface area contributed by atoms with E-state index in [-0.39, 0.29) is 18.1 Å². The Hall–Kier alpha value is -1.42. The number of amides is 1. The van der Waals surface area contributed by atoms with E-state index in [0.717, 1.165) is 28.2 Å². The molecule has 4 nitrogen and oxygen atoms in total. The second-order valence-corrected chi connectivity index (χ2v) is 5.28. The molecule has 0 bridgehead atoms. The van der Waals surface area contributed by atoms with Gasteiger partial charge in [0, 0.05) is 12.0 Å². The molecule has 18 heavy (non-hydrogen) atoms. The van der Waals surface area contributed by atoms with Gasteiger partial charge in [0.2, 0.25) is 0 Å². The first-order valence-corrected chi connectivity index (χ1v) is 6.30. The average Bonchev–Trinajstić information content (AvgIpc) is 2.60. The molecule has 0 aliphatic carbocycles. The minimum absolute atomic E-state index is 0.0532. The Labute approximate surface area is 111 Å². The molecule has 0 atom stereocenters. The van der Waals surface area contributed by atoms with Gasteiger partial charge in [0.1, 0.15) is 11.4 Å². The van der Waals surface area contributed by atoms with Crippen molar-refractivity contribution in [1.82, 2.24) is 4.90 Å². The first kappa shape index (κ1) is 13.0. The molecule has 0 spiro atoms. The molecule has 0 saturated heterocycles. The summed E-state index contributed by atoms with van der Waals surface area (Å²) in [5.41, 5.74) is 1.76. The van der Waals surface area contributed by atoms with Crippen molar-refractivity contribution in [2.24, 2.45) is 0 Å². The van der Waals surface area contributed by atoms with Crippen LogP contribution in [0.1, 0.15) is 25.0 Å². The Morgan fingerprint density at radius 1 is 1.56 bits per heavy atom. The molecular weight excluding hydrogens is 254 g/mol. The standard InChI is InChI=1S/C13H16ClNO3/c1-13(2)6-9-4-3-5-10(11(9)18-13)7-15(8-14)12(16)17/h3-5H,6-8H2,1-2H3,(H,16,17). The number of halogens is 1. The number of para-hydroxylation sites is 1. The molecule has 1 N–H and O–H groups in total. The number of carbonyl (C=O) groups is 1. The molecule has 1 aliphatic heterocycles. The number of hydrogen-bond acceptors (Lipinski definition) is 2. The molecule has 1 aliphatic rings. The molecule has 0 aromatic heterocycles. The van der Waals surface area contributed by atoms with Crippen molar-refractivity contribution in [2.75, 3.05) is 6.00 Å². The van der Waals surface area contributed by atoms with Gasteiger partial charge < -0.3 is 9.84 Å². The predicted molar refractivity (Wildman–Crippen MR) is 69.1 cm³/mol. The Morgan fingerprint density at radius 2 is 2.28 bits per heavy atom. The largest absolute Gasteiger partial charge is 0.487 e. The van der Waals surface area contributed by atoms with Crippen molar-refractivity contribution in [3.63, 3.8) is 0 Å². The lowest BCUT2D eigenvalue weighted by Crippen LogP contribution is -2.28. The fraction of sp³-hybridized carbons (Fsp3) is 0.462. The zero-order valence-corrected chi connectivity index (χ0v) is 11.2. The average molecular weight is 270 g/mol. The van der Waals surface area contributed by atoms with Crippen LogP contribution in [0.15, 0.2) is 18.2 Å². The predicted octanol–water partition coefficient (Wildman–Crippen LogP) is 3.08. The summed E-state index contributed by atoms with van der Waals surface area (Å²) in [7, 11) is 0. The molecule has 0 saturated carbocycles. The van der Waals surface area contributed by atoms with Gasteiger partial charge in [0.15, 0.2) is 0 Å². The number of carboxylic acid groups (broad SMARTS) is 1. The number of benzene rings is 1. The van der Waals surface area contributed by atoms with Gasteiger partial charge in [-0.1, -0.05) is 18.2 Å². The molecule has 1 amide bonds. The van der Waals surface area contributed by atoms with Crippen molar-refractivity contribution in [2.45, 2.75) is 32.4 Å². The Morgan fingerprint density at radius 3 is 2.89 bits per heavy atom. The highest BCUT2D eigenvalue weighted by Gasteiger charge is 2.32. The zero-order valence-electron chi connectivity index (χ0n) is 10.4. The monoisotopic (exact) mass is 269 g/mol. The van der Waals surface area contributed by atoms with Crippen molar-refractivity contribution >= 4 is 17.7 Å². The molecule has 1 aromatic rings. The van der Waals surface area contributed by atoms with E-state index in [2.05, 4.69) is 0 Å². The highest BCUT2D eigenvalue weighted by molar-refractivity contribution is 6.18. The van der Waals surface area contributed by atoms with Gasteiger partial charge in [-0.25, -0.2) is 4.79 Å². The van der Waals surface area contributed by atoms with Crippen LogP contribution in [0.25, 0.3) is 0 Å². The summed E-state index contributed by atoms with van der Waals surface area (Å²) in [5.74, 6) is 0.805. The van der Waals surface area contributed by atoms with Gasteiger partial charge >= 0.3 is 6.09 Å². The maximum Gasteiger partial charge on any atom is 0.408 e. The number of fused-ring (bicyclic) bond motifs is 1. The van der Waals surface area contributed by atoms with Gasteiger partial charge in [-0.2, -0.15) is 0 Å². The minimum atomic E-state index is -1.03. The quantitative estimate of drug-likeness (QED) is 0.678. The normalized spacial score (nSPS) is 15.9. The van der Waals surface area contributed by atoms with E-state index in [9.17, 15) is 4.79 Å². The molecule has 5 heteroatoms. The van der Waals surface area contributed by atoms with Gasteiger partial charge in [-0.15, -0.1) is 11.6 Å². The van der Waals surface area contributed by atoms with Crippen LogP contribution in [0.4, 0.5) is 4.79 Å². The minimum Gasteiger partial charge on any atom is -0.487 e. The Bertz CT molecular complexity index is 473. The lowest BCUT2D eigenvalue weighted by molar-refractivity contribution is 0.133. The van der Waals surface area contributed by atoms with Crippen molar-refractivity contribution in [3.8, 4) is 5.75 Å². The van der Waals surface area contributed by atoms with E-state index in [1.807, 2.05) is 32.0 Å². The molecular formula is C13H16ClNO3. The fourth-order valence-electron chi connectivity index (χ4n) is 2.17. The third-order valence-electron chi connectivity index (χ3n) is 2.95. The van der Waals surface area contributed by atoms with Crippen LogP contribution in [0.5, 0.6) is 5.75 Å². The van der Waals surface area contributed by atoms with Gasteiger partial charge in [-0.3, -0.25) is 4.90 Å². The number of rotatable bonds is 3. The maximum atomic E-state index is 11.0. The van der Waals surface area contributed by atoms with Crippen molar-refractivity contribution in [3.05, 3.63) is 29.3 Å². The van der Waals surface area contributed by atoms with E-state index < -0.39 is 6.09 Å². The maximum absolute atomic E-state index is 11.0. The molecule has 0 fully saturated rings. The SMILES string of the molecule is CC1(C)Cc2cccc(CN(CCl)C(=O)O)c2O1. The van der Waals surface area contributed by atoms with Crippen LogP contribution < -0.4 is 4.74 Å². The van der Waals surface area contributed by atoms with E-state index in [4.69, 9.17) is 21.4 Å². The van der Waals surface area contributed by atoms with Crippen LogP contribution in [-0.2, 0) is 13.0 Å². The second kappa shape index (κ2) is 4.69. The fourth-order valence-corrected chi connectivity index (χ4v) is 2.36. The first-order chi connectivity index (χ1) is 8.43. The van der Waals surface area contributed by atoms with Crippen molar-refractivity contribution < 1.29 is 14.6 Å².